The minimum atomic E-state index is -3.76. The van der Waals surface area contributed by atoms with Crippen LogP contribution in [0.15, 0.2) is 21.6 Å². The average Bonchev–Trinajstić information content (AvgIpc) is 2.72. The summed E-state index contributed by atoms with van der Waals surface area (Å²) < 4.78 is 29.6. The molecule has 0 saturated carbocycles. The number of carboxylic acids is 1. The van der Waals surface area contributed by atoms with Gasteiger partial charge in [0.2, 0.25) is 5.89 Å². The van der Waals surface area contributed by atoms with Crippen LogP contribution in [0.4, 0.5) is 0 Å². The van der Waals surface area contributed by atoms with Gasteiger partial charge in [0.15, 0.2) is 15.7 Å². The fourth-order valence-corrected chi connectivity index (χ4v) is 3.48. The summed E-state index contributed by atoms with van der Waals surface area (Å²) in [4.78, 5) is 15.0. The summed E-state index contributed by atoms with van der Waals surface area (Å²) in [6.45, 7) is 4.82. The predicted octanol–water partition coefficient (Wildman–Crippen LogP) is 1.67. The molecule has 0 fully saturated rings. The van der Waals surface area contributed by atoms with Gasteiger partial charge in [-0.1, -0.05) is 11.2 Å². The molecule has 2 aromatic rings. The average molecular weight is 310 g/mol. The maximum atomic E-state index is 12.4. The lowest BCUT2D eigenvalue weighted by molar-refractivity contribution is 0.0696. The van der Waals surface area contributed by atoms with Crippen LogP contribution in [0.25, 0.3) is 0 Å². The van der Waals surface area contributed by atoms with Crippen molar-refractivity contribution in [2.45, 2.75) is 31.4 Å². The molecule has 0 bridgehead atoms. The zero-order valence-corrected chi connectivity index (χ0v) is 12.6. The van der Waals surface area contributed by atoms with Gasteiger partial charge in [0.05, 0.1) is 10.5 Å². The fraction of sp³-hybridized carbons (Fsp3) is 0.308. The molecule has 1 N–H and O–H groups in total. The number of hydrogen-bond donors (Lipinski definition) is 1. The van der Waals surface area contributed by atoms with E-state index >= 15 is 0 Å². The third kappa shape index (κ3) is 3.10. The van der Waals surface area contributed by atoms with Crippen LogP contribution in [0.1, 0.15) is 33.2 Å². The van der Waals surface area contributed by atoms with E-state index in [9.17, 15) is 13.2 Å². The Hall–Kier alpha value is -2.22. The quantitative estimate of drug-likeness (QED) is 0.914. The van der Waals surface area contributed by atoms with Crippen LogP contribution >= 0.6 is 0 Å². The first-order valence-electron chi connectivity index (χ1n) is 6.07. The van der Waals surface area contributed by atoms with Crippen molar-refractivity contribution in [1.82, 2.24) is 10.1 Å². The van der Waals surface area contributed by atoms with Gasteiger partial charge in [0.25, 0.3) is 0 Å². The number of aryl methyl sites for hydroxylation is 3. The Bertz CT molecular complexity index is 808. The molecule has 0 saturated heterocycles. The summed E-state index contributed by atoms with van der Waals surface area (Å²) in [6, 6.07) is 2.71. The lowest BCUT2D eigenvalue weighted by atomic mass is 10.1. The predicted molar refractivity (Wildman–Crippen MR) is 72.8 cm³/mol. The second-order valence-corrected chi connectivity index (χ2v) is 6.69. The second kappa shape index (κ2) is 5.28. The van der Waals surface area contributed by atoms with Crippen molar-refractivity contribution < 1.29 is 22.8 Å². The molecule has 0 spiro atoms. The van der Waals surface area contributed by atoms with Gasteiger partial charge in [0.1, 0.15) is 5.75 Å². The number of carboxylic acid groups (broad SMARTS) is 1. The first kappa shape index (κ1) is 15.2. The van der Waals surface area contributed by atoms with Crippen molar-refractivity contribution in [3.8, 4) is 0 Å². The minimum Gasteiger partial charge on any atom is -0.478 e. The lowest BCUT2D eigenvalue weighted by Gasteiger charge is -2.09. The maximum Gasteiger partial charge on any atom is 0.335 e. The van der Waals surface area contributed by atoms with Gasteiger partial charge in [-0.2, -0.15) is 4.98 Å². The molecule has 0 aliphatic heterocycles. The molecule has 21 heavy (non-hydrogen) atoms. The van der Waals surface area contributed by atoms with Gasteiger partial charge >= 0.3 is 5.97 Å². The number of aromatic carboxylic acids is 1. The maximum absolute atomic E-state index is 12.4. The molecule has 0 aliphatic carbocycles. The van der Waals surface area contributed by atoms with Crippen molar-refractivity contribution in [3.05, 3.63) is 40.5 Å². The summed E-state index contributed by atoms with van der Waals surface area (Å²) in [7, 11) is -3.76. The number of hydrogen-bond acceptors (Lipinski definition) is 6. The van der Waals surface area contributed by atoms with Crippen LogP contribution in [0.2, 0.25) is 0 Å². The normalized spacial score (nSPS) is 11.6. The molecule has 8 heteroatoms. The molecule has 7 nitrogen and oxygen atoms in total. The highest BCUT2D eigenvalue weighted by Gasteiger charge is 2.23. The molecule has 0 unspecified atom stereocenters. The van der Waals surface area contributed by atoms with E-state index in [1.54, 1.807) is 20.8 Å². The molecule has 1 aromatic heterocycles. The first-order chi connectivity index (χ1) is 9.70. The van der Waals surface area contributed by atoms with Crippen LogP contribution in [-0.4, -0.2) is 29.6 Å². The van der Waals surface area contributed by atoms with Crippen LogP contribution in [0.5, 0.6) is 0 Å². The van der Waals surface area contributed by atoms with E-state index in [4.69, 9.17) is 9.63 Å². The number of carbonyl (C=O) groups is 1. The van der Waals surface area contributed by atoms with E-state index in [1.807, 2.05) is 0 Å². The van der Waals surface area contributed by atoms with Gasteiger partial charge in [-0.15, -0.1) is 0 Å². The number of sulfone groups is 1. The van der Waals surface area contributed by atoms with Gasteiger partial charge in [0, 0.05) is 0 Å². The summed E-state index contributed by atoms with van der Waals surface area (Å²) in [5.74, 6) is -1.31. The topological polar surface area (TPSA) is 110 Å². The highest BCUT2D eigenvalue weighted by molar-refractivity contribution is 7.90. The summed E-state index contributed by atoms with van der Waals surface area (Å²) in [6.07, 6.45) is 0. The molecule has 1 aromatic carbocycles. The van der Waals surface area contributed by atoms with E-state index in [1.165, 1.54) is 12.1 Å². The summed E-state index contributed by atoms with van der Waals surface area (Å²) >= 11 is 0. The smallest absolute Gasteiger partial charge is 0.335 e. The highest BCUT2D eigenvalue weighted by atomic mass is 32.2. The Morgan fingerprint density at radius 2 is 1.90 bits per heavy atom. The molecule has 112 valence electrons. The van der Waals surface area contributed by atoms with Crippen molar-refractivity contribution in [2.75, 3.05) is 0 Å². The van der Waals surface area contributed by atoms with Crippen LogP contribution in [-0.2, 0) is 15.6 Å². The van der Waals surface area contributed by atoms with Crippen LogP contribution < -0.4 is 0 Å². The number of benzene rings is 1. The third-order valence-corrected chi connectivity index (χ3v) is 4.71. The van der Waals surface area contributed by atoms with Crippen LogP contribution in [0.3, 0.4) is 0 Å². The Kier molecular flexibility index (Phi) is 3.82. The van der Waals surface area contributed by atoms with Crippen molar-refractivity contribution in [2.24, 2.45) is 0 Å². The Morgan fingerprint density at radius 3 is 2.43 bits per heavy atom. The molecule has 2 rings (SSSR count). The first-order valence-corrected chi connectivity index (χ1v) is 7.72. The largest absolute Gasteiger partial charge is 0.478 e. The number of aromatic nitrogens is 2. The molecule has 1 heterocycles. The van der Waals surface area contributed by atoms with Gasteiger partial charge in [-0.05, 0) is 38.0 Å². The van der Waals surface area contributed by atoms with E-state index in [0.29, 0.717) is 17.0 Å². The van der Waals surface area contributed by atoms with E-state index in [-0.39, 0.29) is 16.3 Å². The van der Waals surface area contributed by atoms with Gasteiger partial charge in [-0.3, -0.25) is 0 Å². The minimum absolute atomic E-state index is 0.0237. The monoisotopic (exact) mass is 310 g/mol. The standard InChI is InChI=1S/C13H14N2O5S/c1-7-4-8(2)11(5-10(7)13(16)17)21(18,19)6-12-14-9(3)15-20-12/h4-5H,6H2,1-3H3,(H,16,17). The number of nitrogens with zero attached hydrogens (tertiary/aromatic N) is 2. The Morgan fingerprint density at radius 1 is 1.24 bits per heavy atom. The Balaban J connectivity index is 2.49. The molecule has 0 radical (unpaired) electrons. The fourth-order valence-electron chi connectivity index (χ4n) is 2.04. The highest BCUT2D eigenvalue weighted by Crippen LogP contribution is 2.23. The van der Waals surface area contributed by atoms with E-state index in [0.717, 1.165) is 0 Å². The van der Waals surface area contributed by atoms with Crippen molar-refractivity contribution in [1.29, 1.82) is 0 Å². The zero-order chi connectivity index (χ0) is 15.8. The van der Waals surface area contributed by atoms with Crippen LogP contribution in [0, 0.1) is 20.8 Å². The number of rotatable bonds is 4. The molecular weight excluding hydrogens is 296 g/mol. The molecule has 0 atom stereocenters. The zero-order valence-electron chi connectivity index (χ0n) is 11.7. The van der Waals surface area contributed by atoms with E-state index < -0.39 is 21.6 Å². The molecule has 0 amide bonds. The van der Waals surface area contributed by atoms with E-state index in [2.05, 4.69) is 10.1 Å². The summed E-state index contributed by atoms with van der Waals surface area (Å²) in [5.41, 5.74) is 0.946. The SMILES string of the molecule is Cc1noc(CS(=O)(=O)c2cc(C(=O)O)c(C)cc2C)n1. The van der Waals surface area contributed by atoms with Crippen molar-refractivity contribution in [3.63, 3.8) is 0 Å². The summed E-state index contributed by atoms with van der Waals surface area (Å²) in [5, 5.41) is 12.6. The van der Waals surface area contributed by atoms with Gasteiger partial charge in [-0.25, -0.2) is 13.2 Å². The lowest BCUT2D eigenvalue weighted by Crippen LogP contribution is -2.10. The third-order valence-electron chi connectivity index (χ3n) is 2.97. The molecular formula is C13H14N2O5S. The van der Waals surface area contributed by atoms with Crippen molar-refractivity contribution >= 4 is 15.8 Å². The second-order valence-electron chi connectivity index (χ2n) is 4.73. The van der Waals surface area contributed by atoms with Gasteiger partial charge < -0.3 is 9.63 Å². The Labute approximate surface area is 121 Å². The molecule has 0 aliphatic rings.